The molecule has 2 aromatic heterocycles. The number of rotatable bonds is 5. The smallest absolute Gasteiger partial charge is 0.416 e. The molecule has 142 valence electrons. The number of thiophene rings is 1. The minimum absolute atomic E-state index is 0.0285. The molecule has 3 rings (SSSR count). The Morgan fingerprint density at radius 1 is 1.26 bits per heavy atom. The van der Waals surface area contributed by atoms with Gasteiger partial charge in [-0.15, -0.1) is 11.3 Å². The van der Waals surface area contributed by atoms with E-state index in [-0.39, 0.29) is 23.1 Å². The fourth-order valence-electron chi connectivity index (χ4n) is 2.29. The zero-order valence-electron chi connectivity index (χ0n) is 13.8. The first kappa shape index (κ1) is 19.2. The molecule has 6 nitrogen and oxygen atoms in total. The molecule has 0 unspecified atom stereocenters. The summed E-state index contributed by atoms with van der Waals surface area (Å²) >= 11 is 2.30. The zero-order chi connectivity index (χ0) is 19.8. The molecule has 27 heavy (non-hydrogen) atoms. The van der Waals surface area contributed by atoms with Gasteiger partial charge in [-0.3, -0.25) is 4.79 Å². The van der Waals surface area contributed by atoms with Crippen LogP contribution in [0.2, 0.25) is 0 Å². The third kappa shape index (κ3) is 3.93. The largest absolute Gasteiger partial charge is 0.472 e. The van der Waals surface area contributed by atoms with Crippen molar-refractivity contribution >= 4 is 44.9 Å². The van der Waals surface area contributed by atoms with E-state index in [4.69, 9.17) is 16.2 Å². The van der Waals surface area contributed by atoms with Gasteiger partial charge in [0, 0.05) is 0 Å². The molecule has 0 radical (unpaired) electrons. The summed E-state index contributed by atoms with van der Waals surface area (Å²) in [5.41, 5.74) is 11.2. The van der Waals surface area contributed by atoms with Gasteiger partial charge in [-0.25, -0.2) is 4.98 Å². The van der Waals surface area contributed by atoms with Crippen LogP contribution in [0.1, 0.15) is 20.8 Å². The number of aromatic nitrogens is 2. The molecule has 0 fully saturated rings. The van der Waals surface area contributed by atoms with Crippen LogP contribution in [-0.2, 0) is 12.8 Å². The van der Waals surface area contributed by atoms with Crippen LogP contribution in [0, 0.1) is 0 Å². The van der Waals surface area contributed by atoms with Crippen LogP contribution in [0.25, 0.3) is 10.2 Å². The predicted molar refractivity (Wildman–Crippen MR) is 97.9 cm³/mol. The second-order valence-corrected chi connectivity index (χ2v) is 7.16. The normalized spacial score (nSPS) is 11.7. The van der Waals surface area contributed by atoms with Gasteiger partial charge in [0.1, 0.15) is 16.3 Å². The average molecular weight is 414 g/mol. The number of hydrogen-bond donors (Lipinski definition) is 2. The fourth-order valence-corrected chi connectivity index (χ4v) is 3.64. The van der Waals surface area contributed by atoms with Crippen LogP contribution in [-0.4, -0.2) is 22.1 Å². The number of thioether (sulfide) groups is 1. The topological polar surface area (TPSA) is 104 Å². The number of nitrogens with zero attached hydrogens (tertiary/aromatic N) is 2. The Morgan fingerprint density at radius 2 is 1.93 bits per heavy atom. The monoisotopic (exact) mass is 414 g/mol. The number of nitrogen functional groups attached to an aromatic ring is 1. The second-order valence-electron chi connectivity index (χ2n) is 5.39. The lowest BCUT2D eigenvalue weighted by Crippen LogP contribution is -2.10. The van der Waals surface area contributed by atoms with Crippen molar-refractivity contribution in [2.75, 3.05) is 12.0 Å². The van der Waals surface area contributed by atoms with E-state index in [1.807, 2.05) is 0 Å². The maximum absolute atomic E-state index is 12.6. The number of amides is 1. The molecule has 0 aliphatic rings. The number of benzene rings is 1. The summed E-state index contributed by atoms with van der Waals surface area (Å²) in [6.45, 7) is -0.0285. The number of nitrogens with two attached hydrogens (primary N) is 2. The lowest BCUT2D eigenvalue weighted by atomic mass is 10.1. The number of halogens is 3. The van der Waals surface area contributed by atoms with E-state index < -0.39 is 17.6 Å². The van der Waals surface area contributed by atoms with Gasteiger partial charge in [-0.05, 0) is 24.0 Å². The quantitative estimate of drug-likeness (QED) is 0.487. The van der Waals surface area contributed by atoms with Crippen molar-refractivity contribution in [1.29, 1.82) is 0 Å². The van der Waals surface area contributed by atoms with Crippen molar-refractivity contribution in [2.45, 2.75) is 17.9 Å². The number of alkyl halides is 3. The third-order valence-corrected chi connectivity index (χ3v) is 5.26. The fraction of sp³-hybridized carbons (Fsp3) is 0.188. The highest BCUT2D eigenvalue weighted by Gasteiger charge is 2.30. The highest BCUT2D eigenvalue weighted by Crippen LogP contribution is 2.38. The molecule has 0 saturated carbocycles. The molecule has 0 atom stereocenters. The number of anilines is 1. The van der Waals surface area contributed by atoms with Crippen LogP contribution < -0.4 is 16.2 Å². The Balaban J connectivity index is 1.93. The highest BCUT2D eigenvalue weighted by atomic mass is 32.2. The van der Waals surface area contributed by atoms with E-state index in [0.29, 0.717) is 20.9 Å². The molecular weight excluding hydrogens is 401 g/mol. The maximum Gasteiger partial charge on any atom is 0.416 e. The molecule has 0 aliphatic carbocycles. The van der Waals surface area contributed by atoms with E-state index in [1.165, 1.54) is 23.9 Å². The SMILES string of the molecule is CSc1nc(OCc2ccc(C(F)(F)F)cc2)c2c(N)c(C(N)=O)sc2n1. The molecule has 2 heterocycles. The van der Waals surface area contributed by atoms with Gasteiger partial charge in [0.25, 0.3) is 5.91 Å². The highest BCUT2D eigenvalue weighted by molar-refractivity contribution is 7.98. The minimum Gasteiger partial charge on any atom is -0.472 e. The lowest BCUT2D eigenvalue weighted by molar-refractivity contribution is -0.137. The van der Waals surface area contributed by atoms with Crippen molar-refractivity contribution in [2.24, 2.45) is 5.73 Å². The molecule has 0 aliphatic heterocycles. The van der Waals surface area contributed by atoms with Crippen LogP contribution >= 0.6 is 23.1 Å². The summed E-state index contributed by atoms with van der Waals surface area (Å²) in [6.07, 6.45) is -2.63. The van der Waals surface area contributed by atoms with E-state index in [9.17, 15) is 18.0 Å². The van der Waals surface area contributed by atoms with Gasteiger partial charge in [0.2, 0.25) is 5.88 Å². The first-order chi connectivity index (χ1) is 12.7. The number of fused-ring (bicyclic) bond motifs is 1. The van der Waals surface area contributed by atoms with Crippen molar-refractivity contribution in [3.8, 4) is 5.88 Å². The molecule has 11 heteroatoms. The van der Waals surface area contributed by atoms with Gasteiger partial charge in [-0.1, -0.05) is 23.9 Å². The standard InChI is InChI=1S/C16H13F3N4O2S2/c1-26-15-22-13(9-10(20)11(12(21)24)27-14(9)23-15)25-6-7-2-4-8(5-3-7)16(17,18)19/h2-5H,6,20H2,1H3,(H2,21,24). The van der Waals surface area contributed by atoms with Gasteiger partial charge in [0.05, 0.1) is 16.6 Å². The molecule has 3 aromatic rings. The van der Waals surface area contributed by atoms with E-state index in [1.54, 1.807) is 6.26 Å². The Morgan fingerprint density at radius 3 is 2.48 bits per heavy atom. The van der Waals surface area contributed by atoms with Gasteiger partial charge in [-0.2, -0.15) is 18.2 Å². The van der Waals surface area contributed by atoms with Crippen molar-refractivity contribution in [1.82, 2.24) is 9.97 Å². The molecular formula is C16H13F3N4O2S2. The summed E-state index contributed by atoms with van der Waals surface area (Å²) in [5, 5.41) is 0.765. The van der Waals surface area contributed by atoms with E-state index in [2.05, 4.69) is 9.97 Å². The molecule has 4 N–H and O–H groups in total. The Kier molecular flexibility index (Phi) is 5.16. The Bertz CT molecular complexity index is 1000. The summed E-state index contributed by atoms with van der Waals surface area (Å²) in [7, 11) is 0. The third-order valence-electron chi connectivity index (χ3n) is 3.60. The summed E-state index contributed by atoms with van der Waals surface area (Å²) in [4.78, 5) is 20.7. The predicted octanol–water partition coefficient (Wildman–Crippen LogP) is 3.69. The minimum atomic E-state index is -4.40. The number of carbonyl (C=O) groups excluding carboxylic acids is 1. The number of carbonyl (C=O) groups is 1. The summed E-state index contributed by atoms with van der Waals surface area (Å²) < 4.78 is 43.6. The van der Waals surface area contributed by atoms with Gasteiger partial charge in [0.15, 0.2) is 5.16 Å². The first-order valence-electron chi connectivity index (χ1n) is 7.43. The van der Waals surface area contributed by atoms with Crippen molar-refractivity contribution < 1.29 is 22.7 Å². The molecule has 0 spiro atoms. The number of ether oxygens (including phenoxy) is 1. The molecule has 1 aromatic carbocycles. The number of hydrogen-bond acceptors (Lipinski definition) is 7. The van der Waals surface area contributed by atoms with E-state index >= 15 is 0 Å². The van der Waals surface area contributed by atoms with Crippen molar-refractivity contribution in [3.63, 3.8) is 0 Å². The lowest BCUT2D eigenvalue weighted by Gasteiger charge is -2.10. The average Bonchev–Trinajstić information content (AvgIpc) is 2.96. The van der Waals surface area contributed by atoms with Crippen LogP contribution in [0.5, 0.6) is 5.88 Å². The maximum atomic E-state index is 12.6. The van der Waals surface area contributed by atoms with Gasteiger partial charge < -0.3 is 16.2 Å². The van der Waals surface area contributed by atoms with Gasteiger partial charge >= 0.3 is 6.18 Å². The van der Waals surface area contributed by atoms with E-state index in [0.717, 1.165) is 23.5 Å². The first-order valence-corrected chi connectivity index (χ1v) is 9.47. The second kappa shape index (κ2) is 7.24. The molecule has 0 bridgehead atoms. The zero-order valence-corrected chi connectivity index (χ0v) is 15.5. The van der Waals surface area contributed by atoms with Crippen molar-refractivity contribution in [3.05, 3.63) is 40.3 Å². The summed E-state index contributed by atoms with van der Waals surface area (Å²) in [5.74, 6) is -0.541. The molecule has 1 amide bonds. The van der Waals surface area contributed by atoms with Crippen LogP contribution in [0.4, 0.5) is 18.9 Å². The van der Waals surface area contributed by atoms with Crippen LogP contribution in [0.3, 0.4) is 0 Å². The molecule has 0 saturated heterocycles. The Hall–Kier alpha value is -2.53. The number of primary amides is 1. The Labute approximate surface area is 159 Å². The summed E-state index contributed by atoms with van der Waals surface area (Å²) in [6, 6.07) is 4.60. The van der Waals surface area contributed by atoms with Crippen LogP contribution in [0.15, 0.2) is 29.4 Å².